The van der Waals surface area contributed by atoms with Crippen LogP contribution >= 0.6 is 0 Å². The molecule has 1 aliphatic rings. The molecule has 0 spiro atoms. The first kappa shape index (κ1) is 16.1. The van der Waals surface area contributed by atoms with Crippen LogP contribution in [-0.2, 0) is 6.54 Å². The minimum absolute atomic E-state index is 0.547. The quantitative estimate of drug-likeness (QED) is 0.874. The van der Waals surface area contributed by atoms with E-state index in [1.165, 1.54) is 18.4 Å². The van der Waals surface area contributed by atoms with Gasteiger partial charge in [-0.3, -0.25) is 4.90 Å². The Morgan fingerprint density at radius 1 is 1.29 bits per heavy atom. The van der Waals surface area contributed by atoms with E-state index in [1.54, 1.807) is 14.2 Å². The number of ether oxygens (including phenoxy) is 2. The molecule has 1 aliphatic heterocycles. The van der Waals surface area contributed by atoms with Gasteiger partial charge in [-0.25, -0.2) is 0 Å². The number of benzene rings is 1. The topological polar surface area (TPSA) is 33.7 Å². The first-order valence-electron chi connectivity index (χ1n) is 7.81. The van der Waals surface area contributed by atoms with Crippen LogP contribution in [0, 0.1) is 0 Å². The van der Waals surface area contributed by atoms with Gasteiger partial charge in [0.25, 0.3) is 0 Å². The molecule has 2 rings (SSSR count). The number of hydrogen-bond acceptors (Lipinski definition) is 4. The third-order valence-corrected chi connectivity index (χ3v) is 3.96. The molecule has 0 aromatic heterocycles. The molecular formula is C17H28N2O2. The predicted molar refractivity (Wildman–Crippen MR) is 86.1 cm³/mol. The molecule has 21 heavy (non-hydrogen) atoms. The van der Waals surface area contributed by atoms with Gasteiger partial charge in [-0.15, -0.1) is 0 Å². The average Bonchev–Trinajstić information content (AvgIpc) is 2.47. The van der Waals surface area contributed by atoms with Gasteiger partial charge in [-0.2, -0.15) is 0 Å². The lowest BCUT2D eigenvalue weighted by Crippen LogP contribution is -2.47. The van der Waals surface area contributed by atoms with Crippen LogP contribution in [0.15, 0.2) is 18.2 Å². The summed E-state index contributed by atoms with van der Waals surface area (Å²) in [5.74, 6) is 1.75. The summed E-state index contributed by atoms with van der Waals surface area (Å²) in [6.45, 7) is 7.62. The van der Waals surface area contributed by atoms with Crippen LogP contribution in [0.4, 0.5) is 0 Å². The van der Waals surface area contributed by atoms with E-state index < -0.39 is 0 Å². The van der Waals surface area contributed by atoms with E-state index in [0.717, 1.165) is 31.1 Å². The van der Waals surface area contributed by atoms with Crippen molar-refractivity contribution < 1.29 is 9.47 Å². The van der Waals surface area contributed by atoms with E-state index in [2.05, 4.69) is 30.1 Å². The zero-order valence-corrected chi connectivity index (χ0v) is 13.7. The Hall–Kier alpha value is -1.26. The number of likely N-dealkylation sites (tertiary alicyclic amines) is 1. The minimum atomic E-state index is 0.547. The van der Waals surface area contributed by atoms with Crippen molar-refractivity contribution in [3.63, 3.8) is 0 Å². The first-order valence-corrected chi connectivity index (χ1v) is 7.81. The van der Waals surface area contributed by atoms with E-state index >= 15 is 0 Å². The lowest BCUT2D eigenvalue weighted by Gasteiger charge is -2.34. The second kappa shape index (κ2) is 7.66. The third kappa shape index (κ3) is 4.61. The molecular weight excluding hydrogens is 264 g/mol. The number of rotatable bonds is 6. The molecule has 1 unspecified atom stereocenters. The fraction of sp³-hybridized carbons (Fsp3) is 0.647. The van der Waals surface area contributed by atoms with Crippen molar-refractivity contribution >= 4 is 0 Å². The maximum absolute atomic E-state index is 5.50. The number of nitrogens with one attached hydrogen (secondary N) is 1. The number of piperidine rings is 1. The van der Waals surface area contributed by atoms with Gasteiger partial charge >= 0.3 is 0 Å². The molecule has 118 valence electrons. The van der Waals surface area contributed by atoms with Crippen LogP contribution in [0.3, 0.4) is 0 Å². The largest absolute Gasteiger partial charge is 0.497 e. The van der Waals surface area contributed by atoms with Gasteiger partial charge in [-0.1, -0.05) is 19.9 Å². The third-order valence-electron chi connectivity index (χ3n) is 3.96. The van der Waals surface area contributed by atoms with Gasteiger partial charge in [-0.05, 0) is 25.5 Å². The molecule has 4 heteroatoms. The Bertz CT molecular complexity index is 448. The maximum Gasteiger partial charge on any atom is 0.127 e. The molecule has 0 amide bonds. The van der Waals surface area contributed by atoms with Crippen LogP contribution in [0.5, 0.6) is 11.5 Å². The molecule has 1 aromatic rings. The van der Waals surface area contributed by atoms with Gasteiger partial charge in [0.2, 0.25) is 0 Å². The standard InChI is InChI=1S/C17H28N2O2/c1-13(2)18-15-6-5-9-19(12-15)11-14-7-8-16(20-3)10-17(14)21-4/h7-8,10,13,15,18H,5-6,9,11-12H2,1-4H3. The molecule has 1 atom stereocenters. The first-order chi connectivity index (χ1) is 10.1. The molecule has 1 heterocycles. The van der Waals surface area contributed by atoms with Gasteiger partial charge in [0.05, 0.1) is 14.2 Å². The second-order valence-corrected chi connectivity index (χ2v) is 6.07. The zero-order chi connectivity index (χ0) is 15.2. The maximum atomic E-state index is 5.50. The average molecular weight is 292 g/mol. The summed E-state index contributed by atoms with van der Waals surface area (Å²) in [5, 5.41) is 3.65. The molecule has 0 bridgehead atoms. The summed E-state index contributed by atoms with van der Waals surface area (Å²) in [4.78, 5) is 2.51. The molecule has 1 N–H and O–H groups in total. The fourth-order valence-electron chi connectivity index (χ4n) is 3.03. The Kier molecular flexibility index (Phi) is 5.88. The van der Waals surface area contributed by atoms with Crippen LogP contribution in [0.1, 0.15) is 32.3 Å². The smallest absolute Gasteiger partial charge is 0.127 e. The van der Waals surface area contributed by atoms with Crippen LogP contribution in [0.2, 0.25) is 0 Å². The summed E-state index contributed by atoms with van der Waals surface area (Å²) in [6.07, 6.45) is 2.53. The van der Waals surface area contributed by atoms with E-state index in [1.807, 2.05) is 12.1 Å². The highest BCUT2D eigenvalue weighted by molar-refractivity contribution is 5.40. The summed E-state index contributed by atoms with van der Waals surface area (Å²) in [7, 11) is 3.40. The minimum Gasteiger partial charge on any atom is -0.497 e. The van der Waals surface area contributed by atoms with Gasteiger partial charge in [0, 0.05) is 36.8 Å². The normalized spacial score (nSPS) is 19.8. The highest BCUT2D eigenvalue weighted by Gasteiger charge is 2.21. The summed E-state index contributed by atoms with van der Waals surface area (Å²) < 4.78 is 10.8. The van der Waals surface area contributed by atoms with Crippen LogP contribution in [-0.4, -0.2) is 44.3 Å². The van der Waals surface area contributed by atoms with Crippen molar-refractivity contribution in [2.24, 2.45) is 0 Å². The lowest BCUT2D eigenvalue weighted by atomic mass is 10.0. The van der Waals surface area contributed by atoms with Crippen molar-refractivity contribution in [2.45, 2.75) is 45.3 Å². The molecule has 0 radical (unpaired) electrons. The molecule has 0 aliphatic carbocycles. The Morgan fingerprint density at radius 2 is 2.10 bits per heavy atom. The van der Waals surface area contributed by atoms with E-state index in [0.29, 0.717) is 12.1 Å². The summed E-state index contributed by atoms with van der Waals surface area (Å²) in [6, 6.07) is 7.22. The second-order valence-electron chi connectivity index (χ2n) is 6.07. The highest BCUT2D eigenvalue weighted by Crippen LogP contribution is 2.26. The molecule has 4 nitrogen and oxygen atoms in total. The van der Waals surface area contributed by atoms with Gasteiger partial charge < -0.3 is 14.8 Å². The Morgan fingerprint density at radius 3 is 2.76 bits per heavy atom. The van der Waals surface area contributed by atoms with E-state index in [4.69, 9.17) is 9.47 Å². The van der Waals surface area contributed by atoms with Gasteiger partial charge in [0.15, 0.2) is 0 Å². The Labute approximate surface area is 128 Å². The van der Waals surface area contributed by atoms with Crippen LogP contribution in [0.25, 0.3) is 0 Å². The summed E-state index contributed by atoms with van der Waals surface area (Å²) >= 11 is 0. The fourth-order valence-corrected chi connectivity index (χ4v) is 3.03. The van der Waals surface area contributed by atoms with Crippen molar-refractivity contribution in [2.75, 3.05) is 27.3 Å². The van der Waals surface area contributed by atoms with Crippen LogP contribution < -0.4 is 14.8 Å². The van der Waals surface area contributed by atoms with Crippen molar-refractivity contribution in [1.82, 2.24) is 10.2 Å². The summed E-state index contributed by atoms with van der Waals surface area (Å²) in [5.41, 5.74) is 1.23. The van der Waals surface area contributed by atoms with Crippen molar-refractivity contribution in [3.8, 4) is 11.5 Å². The Balaban J connectivity index is 2.00. The molecule has 1 fully saturated rings. The predicted octanol–water partition coefficient (Wildman–Crippen LogP) is 2.67. The number of hydrogen-bond donors (Lipinski definition) is 1. The zero-order valence-electron chi connectivity index (χ0n) is 13.7. The van der Waals surface area contributed by atoms with E-state index in [-0.39, 0.29) is 0 Å². The van der Waals surface area contributed by atoms with E-state index in [9.17, 15) is 0 Å². The van der Waals surface area contributed by atoms with Crippen molar-refractivity contribution in [1.29, 1.82) is 0 Å². The van der Waals surface area contributed by atoms with Crippen molar-refractivity contribution in [3.05, 3.63) is 23.8 Å². The molecule has 1 saturated heterocycles. The molecule has 1 aromatic carbocycles. The highest BCUT2D eigenvalue weighted by atomic mass is 16.5. The SMILES string of the molecule is COc1ccc(CN2CCCC(NC(C)C)C2)c(OC)c1. The number of nitrogens with zero attached hydrogens (tertiary/aromatic N) is 1. The molecule has 0 saturated carbocycles. The number of methoxy groups -OCH3 is 2. The monoisotopic (exact) mass is 292 g/mol. The van der Waals surface area contributed by atoms with Gasteiger partial charge in [0.1, 0.15) is 11.5 Å². The lowest BCUT2D eigenvalue weighted by molar-refractivity contribution is 0.177.